The number of amides is 2. The van der Waals surface area contributed by atoms with Crippen LogP contribution < -0.4 is 0 Å². The van der Waals surface area contributed by atoms with Gasteiger partial charge in [0.25, 0.3) is 0 Å². The highest BCUT2D eigenvalue weighted by atomic mass is 32.2. The second kappa shape index (κ2) is 9.39. The second-order valence-corrected chi connectivity index (χ2v) is 9.32. The largest absolute Gasteiger partial charge is 0.439 e. The van der Waals surface area contributed by atoms with E-state index in [1.165, 1.54) is 23.9 Å². The van der Waals surface area contributed by atoms with E-state index >= 15 is 0 Å². The number of hydrogen-bond donors (Lipinski definition) is 0. The lowest BCUT2D eigenvalue weighted by atomic mass is 10.0. The van der Waals surface area contributed by atoms with Crippen molar-refractivity contribution in [2.45, 2.75) is 29.9 Å². The van der Waals surface area contributed by atoms with E-state index in [1.807, 2.05) is 46.2 Å². The summed E-state index contributed by atoms with van der Waals surface area (Å²) in [7, 11) is 0. The van der Waals surface area contributed by atoms with Crippen LogP contribution in [0.25, 0.3) is 10.9 Å². The molecule has 1 atom stereocenters. The van der Waals surface area contributed by atoms with Crippen molar-refractivity contribution >= 4 is 34.7 Å². The van der Waals surface area contributed by atoms with Gasteiger partial charge in [0.2, 0.25) is 5.91 Å². The molecule has 33 heavy (non-hydrogen) atoms. The van der Waals surface area contributed by atoms with Gasteiger partial charge >= 0.3 is 6.09 Å². The van der Waals surface area contributed by atoms with E-state index in [4.69, 9.17) is 4.74 Å². The molecule has 6 nitrogen and oxygen atoms in total. The van der Waals surface area contributed by atoms with E-state index in [9.17, 15) is 14.0 Å². The first-order valence-electron chi connectivity index (χ1n) is 11.1. The summed E-state index contributed by atoms with van der Waals surface area (Å²) in [6.45, 7) is 1.76. The third-order valence-corrected chi connectivity index (χ3v) is 7.34. The molecule has 5 rings (SSSR count). The molecule has 2 aliphatic rings. The van der Waals surface area contributed by atoms with Crippen LogP contribution >= 0.6 is 11.8 Å². The Morgan fingerprint density at radius 2 is 1.91 bits per heavy atom. The van der Waals surface area contributed by atoms with Crippen molar-refractivity contribution in [3.05, 3.63) is 72.2 Å². The summed E-state index contributed by atoms with van der Waals surface area (Å²) in [5.74, 6) is 0.00829. The van der Waals surface area contributed by atoms with Gasteiger partial charge in [0.15, 0.2) is 0 Å². The monoisotopic (exact) mass is 465 g/mol. The highest BCUT2D eigenvalue weighted by Gasteiger charge is 2.38. The predicted molar refractivity (Wildman–Crippen MR) is 124 cm³/mol. The topological polar surface area (TPSA) is 62.7 Å². The van der Waals surface area contributed by atoms with Gasteiger partial charge in [0.1, 0.15) is 11.9 Å². The SMILES string of the molecule is O=C(CSc1ccnc2ccc(F)cc12)N1CCC(N2CC(c3ccccc3)OC2=O)CC1. The van der Waals surface area contributed by atoms with Crippen LogP contribution in [0, 0.1) is 5.82 Å². The number of rotatable bonds is 5. The molecule has 0 bridgehead atoms. The Bertz CT molecular complexity index is 1170. The van der Waals surface area contributed by atoms with E-state index in [2.05, 4.69) is 4.98 Å². The number of carbonyl (C=O) groups is 2. The van der Waals surface area contributed by atoms with Crippen LogP contribution in [0.5, 0.6) is 0 Å². The van der Waals surface area contributed by atoms with Crippen molar-refractivity contribution in [2.75, 3.05) is 25.4 Å². The van der Waals surface area contributed by atoms with Gasteiger partial charge in [0.05, 0.1) is 17.8 Å². The van der Waals surface area contributed by atoms with E-state index in [0.717, 1.165) is 28.7 Å². The fourth-order valence-corrected chi connectivity index (χ4v) is 5.43. The lowest BCUT2D eigenvalue weighted by Gasteiger charge is -2.35. The molecular weight excluding hydrogens is 441 g/mol. The average molecular weight is 466 g/mol. The van der Waals surface area contributed by atoms with Gasteiger partial charge in [0, 0.05) is 35.6 Å². The molecule has 0 radical (unpaired) electrons. The van der Waals surface area contributed by atoms with E-state index in [0.29, 0.717) is 25.2 Å². The molecule has 3 aromatic rings. The van der Waals surface area contributed by atoms with Crippen molar-refractivity contribution in [1.29, 1.82) is 0 Å². The molecule has 170 valence electrons. The van der Waals surface area contributed by atoms with Crippen molar-refractivity contribution in [3.8, 4) is 0 Å². The maximum atomic E-state index is 13.7. The number of cyclic esters (lactones) is 1. The number of thioether (sulfide) groups is 1. The number of benzene rings is 2. The molecule has 0 aliphatic carbocycles. The minimum absolute atomic E-state index is 0.0472. The van der Waals surface area contributed by atoms with Crippen LogP contribution in [0.15, 0.2) is 65.7 Å². The first-order valence-corrected chi connectivity index (χ1v) is 12.0. The molecule has 8 heteroatoms. The number of fused-ring (bicyclic) bond motifs is 1. The van der Waals surface area contributed by atoms with Crippen LogP contribution in [-0.2, 0) is 9.53 Å². The quantitative estimate of drug-likeness (QED) is 0.514. The zero-order valence-corrected chi connectivity index (χ0v) is 18.8. The number of pyridine rings is 1. The highest BCUT2D eigenvalue weighted by Crippen LogP contribution is 2.31. The van der Waals surface area contributed by atoms with Gasteiger partial charge in [-0.2, -0.15) is 0 Å². The summed E-state index contributed by atoms with van der Waals surface area (Å²) in [5, 5.41) is 0.717. The molecule has 0 spiro atoms. The maximum Gasteiger partial charge on any atom is 0.410 e. The van der Waals surface area contributed by atoms with E-state index in [1.54, 1.807) is 12.3 Å². The van der Waals surface area contributed by atoms with Gasteiger partial charge in [-0.1, -0.05) is 30.3 Å². The van der Waals surface area contributed by atoms with Crippen molar-refractivity contribution in [2.24, 2.45) is 0 Å². The van der Waals surface area contributed by atoms with Crippen LogP contribution in [0.3, 0.4) is 0 Å². The third kappa shape index (κ3) is 4.66. The predicted octanol–water partition coefficient (Wildman–Crippen LogP) is 4.65. The fraction of sp³-hybridized carbons (Fsp3) is 0.320. The summed E-state index contributed by atoms with van der Waals surface area (Å²) < 4.78 is 19.3. The molecule has 2 aliphatic heterocycles. The number of aromatic nitrogens is 1. The van der Waals surface area contributed by atoms with Crippen LogP contribution in [0.4, 0.5) is 9.18 Å². The van der Waals surface area contributed by atoms with Gasteiger partial charge in [-0.05, 0) is 42.7 Å². The number of carbonyl (C=O) groups excluding carboxylic acids is 2. The molecule has 2 aromatic carbocycles. The molecule has 2 amide bonds. The summed E-state index contributed by atoms with van der Waals surface area (Å²) in [5.41, 5.74) is 1.71. The van der Waals surface area contributed by atoms with E-state index in [-0.39, 0.29) is 35.7 Å². The van der Waals surface area contributed by atoms with Gasteiger partial charge in [-0.3, -0.25) is 9.78 Å². The molecule has 1 unspecified atom stereocenters. The molecular formula is C25H24FN3O3S. The second-order valence-electron chi connectivity index (χ2n) is 8.31. The zero-order valence-electron chi connectivity index (χ0n) is 18.0. The Kier molecular flexibility index (Phi) is 6.17. The summed E-state index contributed by atoms with van der Waals surface area (Å²) >= 11 is 1.40. The first kappa shape index (κ1) is 21.7. The molecule has 3 heterocycles. The van der Waals surface area contributed by atoms with Gasteiger partial charge in [-0.25, -0.2) is 9.18 Å². The number of hydrogen-bond acceptors (Lipinski definition) is 5. The van der Waals surface area contributed by atoms with Gasteiger partial charge < -0.3 is 14.5 Å². The number of piperidine rings is 1. The van der Waals surface area contributed by atoms with Crippen molar-refractivity contribution < 1.29 is 18.7 Å². The highest BCUT2D eigenvalue weighted by molar-refractivity contribution is 8.00. The summed E-state index contributed by atoms with van der Waals surface area (Å²) in [4.78, 5) is 34.0. The molecule has 0 N–H and O–H groups in total. The molecule has 1 aromatic heterocycles. The lowest BCUT2D eigenvalue weighted by Crippen LogP contribution is -2.47. The fourth-order valence-electron chi connectivity index (χ4n) is 4.50. The lowest BCUT2D eigenvalue weighted by molar-refractivity contribution is -0.129. The molecule has 0 saturated carbocycles. The summed E-state index contributed by atoms with van der Waals surface area (Å²) in [6, 6.07) is 16.2. The van der Waals surface area contributed by atoms with Crippen molar-refractivity contribution in [1.82, 2.24) is 14.8 Å². The van der Waals surface area contributed by atoms with Crippen LogP contribution in [0.1, 0.15) is 24.5 Å². The standard InChI is InChI=1S/C25H24FN3O3S/c26-18-6-7-21-20(14-18)23(8-11-27-21)33-16-24(30)28-12-9-19(10-13-28)29-15-22(32-25(29)31)17-4-2-1-3-5-17/h1-8,11,14,19,22H,9-10,12-13,15-16H2. The Hall–Kier alpha value is -3.13. The molecule has 2 fully saturated rings. The Labute approximate surface area is 195 Å². The Balaban J connectivity index is 1.15. The number of ether oxygens (including phenoxy) is 1. The minimum atomic E-state index is -0.319. The smallest absolute Gasteiger partial charge is 0.410 e. The van der Waals surface area contributed by atoms with Crippen LogP contribution in [0.2, 0.25) is 0 Å². The maximum absolute atomic E-state index is 13.7. The Morgan fingerprint density at radius 1 is 1.12 bits per heavy atom. The zero-order chi connectivity index (χ0) is 22.8. The number of halogens is 1. The van der Waals surface area contributed by atoms with Crippen LogP contribution in [-0.4, -0.2) is 58.2 Å². The van der Waals surface area contributed by atoms with Crippen molar-refractivity contribution in [3.63, 3.8) is 0 Å². The van der Waals surface area contributed by atoms with Gasteiger partial charge in [-0.15, -0.1) is 11.8 Å². The first-order chi connectivity index (χ1) is 16.1. The average Bonchev–Trinajstić information content (AvgIpc) is 3.24. The Morgan fingerprint density at radius 3 is 2.70 bits per heavy atom. The number of likely N-dealkylation sites (tertiary alicyclic amines) is 1. The van der Waals surface area contributed by atoms with E-state index < -0.39 is 0 Å². The normalized spacial score (nSPS) is 19.2. The number of nitrogens with zero attached hydrogens (tertiary/aromatic N) is 3. The summed E-state index contributed by atoms with van der Waals surface area (Å²) in [6.07, 6.45) is 2.62. The molecule has 2 saturated heterocycles. The minimum Gasteiger partial charge on any atom is -0.439 e. The third-order valence-electron chi connectivity index (χ3n) is 6.28.